The summed E-state index contributed by atoms with van der Waals surface area (Å²) in [6.45, 7) is 0. The van der Waals surface area contributed by atoms with E-state index in [-0.39, 0.29) is 0 Å². The first-order valence-electron chi connectivity index (χ1n) is 7.61. The van der Waals surface area contributed by atoms with Crippen LogP contribution < -0.4 is 0 Å². The number of nitrogens with one attached hydrogen (secondary N) is 1. The third kappa shape index (κ3) is 1.62. The quantitative estimate of drug-likeness (QED) is 0.402. The van der Waals surface area contributed by atoms with E-state index in [0.29, 0.717) is 5.56 Å². The van der Waals surface area contributed by atoms with E-state index in [4.69, 9.17) is 5.26 Å². The fourth-order valence-electron chi connectivity index (χ4n) is 3.51. The molecule has 106 valence electrons. The monoisotopic (exact) mass is 292 g/mol. The second-order valence-corrected chi connectivity index (χ2v) is 5.87. The number of hydrogen-bond donors (Lipinski definition) is 1. The number of aromatic amines is 1. The van der Waals surface area contributed by atoms with Crippen molar-refractivity contribution in [3.8, 4) is 6.07 Å². The maximum absolute atomic E-state index is 9.09. The zero-order chi connectivity index (χ0) is 15.4. The number of hydrogen-bond acceptors (Lipinski definition) is 1. The Hall–Kier alpha value is -3.31. The summed E-state index contributed by atoms with van der Waals surface area (Å²) in [6, 6.07) is 25.1. The minimum Gasteiger partial charge on any atom is -0.353 e. The smallest absolute Gasteiger partial charge is 0.0991 e. The van der Waals surface area contributed by atoms with Crippen LogP contribution in [0.1, 0.15) is 5.56 Å². The van der Waals surface area contributed by atoms with E-state index in [0.717, 1.165) is 16.3 Å². The minimum absolute atomic E-state index is 0.693. The first-order valence-corrected chi connectivity index (χ1v) is 7.61. The Bertz CT molecular complexity index is 1270. The van der Waals surface area contributed by atoms with Gasteiger partial charge >= 0.3 is 0 Å². The van der Waals surface area contributed by atoms with Gasteiger partial charge in [-0.05, 0) is 22.9 Å². The van der Waals surface area contributed by atoms with Crippen LogP contribution in [0.3, 0.4) is 0 Å². The Morgan fingerprint density at radius 1 is 0.652 bits per heavy atom. The van der Waals surface area contributed by atoms with E-state index in [1.54, 1.807) is 0 Å². The average Bonchev–Trinajstić information content (AvgIpc) is 3.00. The van der Waals surface area contributed by atoms with Gasteiger partial charge in [-0.25, -0.2) is 0 Å². The summed E-state index contributed by atoms with van der Waals surface area (Å²) >= 11 is 0. The van der Waals surface area contributed by atoms with Crippen molar-refractivity contribution in [1.29, 1.82) is 5.26 Å². The topological polar surface area (TPSA) is 39.6 Å². The van der Waals surface area contributed by atoms with E-state index < -0.39 is 0 Å². The second-order valence-electron chi connectivity index (χ2n) is 5.87. The SMILES string of the molecule is N#Cc1ccc2c(ccc3c4ccc5ccccc5c4[nH]c23)c1. The predicted octanol–water partition coefficient (Wildman–Crippen LogP) is 5.50. The predicted molar refractivity (Wildman–Crippen MR) is 95.5 cm³/mol. The van der Waals surface area contributed by atoms with E-state index in [1.165, 1.54) is 27.1 Å². The molecule has 0 unspecified atom stereocenters. The molecule has 0 radical (unpaired) electrons. The molecular formula is C21H12N2. The molecule has 1 N–H and O–H groups in total. The number of nitrogens with zero attached hydrogens (tertiary/aromatic N) is 1. The molecule has 2 nitrogen and oxygen atoms in total. The van der Waals surface area contributed by atoms with Crippen LogP contribution in [-0.4, -0.2) is 4.98 Å². The van der Waals surface area contributed by atoms with Crippen molar-refractivity contribution in [2.45, 2.75) is 0 Å². The van der Waals surface area contributed by atoms with Crippen LogP contribution in [-0.2, 0) is 0 Å². The lowest BCUT2D eigenvalue weighted by molar-refractivity contribution is 1.50. The summed E-state index contributed by atoms with van der Waals surface area (Å²) in [5.41, 5.74) is 3.01. The highest BCUT2D eigenvalue weighted by Crippen LogP contribution is 2.34. The van der Waals surface area contributed by atoms with Gasteiger partial charge in [0.1, 0.15) is 0 Å². The lowest BCUT2D eigenvalue weighted by Gasteiger charge is -2.00. The molecule has 1 heterocycles. The van der Waals surface area contributed by atoms with Crippen LogP contribution in [0.2, 0.25) is 0 Å². The summed E-state index contributed by atoms with van der Waals surface area (Å²) in [6.07, 6.45) is 0. The molecule has 0 spiro atoms. The molecule has 2 heteroatoms. The molecule has 0 saturated carbocycles. The number of benzene rings is 4. The Morgan fingerprint density at radius 2 is 1.30 bits per heavy atom. The van der Waals surface area contributed by atoms with Gasteiger partial charge in [-0.1, -0.05) is 54.6 Å². The molecule has 0 aliphatic heterocycles. The Morgan fingerprint density at radius 3 is 2.09 bits per heavy atom. The molecule has 4 aromatic carbocycles. The fraction of sp³-hybridized carbons (Fsp3) is 0. The fourth-order valence-corrected chi connectivity index (χ4v) is 3.51. The summed E-state index contributed by atoms with van der Waals surface area (Å²) in [4.78, 5) is 3.62. The van der Waals surface area contributed by atoms with Crippen LogP contribution in [0.25, 0.3) is 43.4 Å². The van der Waals surface area contributed by atoms with Gasteiger partial charge in [0.15, 0.2) is 0 Å². The molecular weight excluding hydrogens is 280 g/mol. The summed E-state index contributed by atoms with van der Waals surface area (Å²) in [7, 11) is 0. The standard InChI is InChI=1S/C21H12N2/c22-12-13-5-8-17-15(11-13)7-10-19-18-9-6-14-3-1-2-4-16(14)20(18)23-21(17)19/h1-11,23H. The number of nitriles is 1. The molecule has 0 saturated heterocycles. The molecule has 0 fully saturated rings. The number of aromatic nitrogens is 1. The molecule has 1 aromatic heterocycles. The molecule has 23 heavy (non-hydrogen) atoms. The highest BCUT2D eigenvalue weighted by atomic mass is 14.7. The third-order valence-corrected chi connectivity index (χ3v) is 4.62. The normalized spacial score (nSPS) is 11.4. The van der Waals surface area contributed by atoms with Crippen molar-refractivity contribution >= 4 is 43.4 Å². The van der Waals surface area contributed by atoms with Crippen LogP contribution in [0.15, 0.2) is 66.7 Å². The van der Waals surface area contributed by atoms with Crippen molar-refractivity contribution in [2.75, 3.05) is 0 Å². The van der Waals surface area contributed by atoms with Crippen molar-refractivity contribution in [3.05, 3.63) is 72.3 Å². The van der Waals surface area contributed by atoms with Gasteiger partial charge < -0.3 is 4.98 Å². The molecule has 0 bridgehead atoms. The largest absolute Gasteiger partial charge is 0.353 e. The van der Waals surface area contributed by atoms with Crippen LogP contribution in [0.5, 0.6) is 0 Å². The summed E-state index contributed by atoms with van der Waals surface area (Å²) in [5.74, 6) is 0. The van der Waals surface area contributed by atoms with E-state index >= 15 is 0 Å². The zero-order valence-corrected chi connectivity index (χ0v) is 12.3. The number of fused-ring (bicyclic) bond motifs is 7. The van der Waals surface area contributed by atoms with Gasteiger partial charge in [0.25, 0.3) is 0 Å². The average molecular weight is 292 g/mol. The lowest BCUT2D eigenvalue weighted by atomic mass is 10.0. The van der Waals surface area contributed by atoms with Crippen LogP contribution >= 0.6 is 0 Å². The van der Waals surface area contributed by atoms with Gasteiger partial charge in [-0.3, -0.25) is 0 Å². The molecule has 5 rings (SSSR count). The first kappa shape index (κ1) is 12.3. The maximum atomic E-state index is 9.09. The van der Waals surface area contributed by atoms with E-state index in [1.807, 2.05) is 18.2 Å². The zero-order valence-electron chi connectivity index (χ0n) is 12.3. The van der Waals surface area contributed by atoms with Crippen molar-refractivity contribution in [3.63, 3.8) is 0 Å². The van der Waals surface area contributed by atoms with E-state index in [9.17, 15) is 0 Å². The van der Waals surface area contributed by atoms with E-state index in [2.05, 4.69) is 59.6 Å². The van der Waals surface area contributed by atoms with Gasteiger partial charge in [-0.15, -0.1) is 0 Å². The molecule has 5 aromatic rings. The Kier molecular flexibility index (Phi) is 2.32. The van der Waals surface area contributed by atoms with Gasteiger partial charge in [0.2, 0.25) is 0 Å². The molecule has 0 aliphatic carbocycles. The van der Waals surface area contributed by atoms with Crippen molar-refractivity contribution in [1.82, 2.24) is 4.98 Å². The van der Waals surface area contributed by atoms with Gasteiger partial charge in [0.05, 0.1) is 22.7 Å². The Balaban J connectivity index is 2.00. The third-order valence-electron chi connectivity index (χ3n) is 4.62. The highest BCUT2D eigenvalue weighted by Gasteiger charge is 2.10. The van der Waals surface area contributed by atoms with Crippen molar-refractivity contribution < 1.29 is 0 Å². The maximum Gasteiger partial charge on any atom is 0.0991 e. The molecule has 0 amide bonds. The number of H-pyrrole nitrogens is 1. The minimum atomic E-state index is 0.693. The summed E-state index contributed by atoms with van der Waals surface area (Å²) in [5, 5.41) is 16.3. The Labute approximate surface area is 132 Å². The lowest BCUT2D eigenvalue weighted by Crippen LogP contribution is -1.78. The number of rotatable bonds is 0. The molecule has 0 aliphatic rings. The first-order chi connectivity index (χ1) is 11.3. The van der Waals surface area contributed by atoms with Gasteiger partial charge in [0, 0.05) is 21.5 Å². The van der Waals surface area contributed by atoms with Gasteiger partial charge in [-0.2, -0.15) is 5.26 Å². The van der Waals surface area contributed by atoms with Crippen LogP contribution in [0.4, 0.5) is 0 Å². The van der Waals surface area contributed by atoms with Crippen LogP contribution in [0, 0.1) is 11.3 Å². The second kappa shape index (κ2) is 4.34. The van der Waals surface area contributed by atoms with Crippen molar-refractivity contribution in [2.24, 2.45) is 0 Å². The molecule has 0 atom stereocenters. The summed E-state index contributed by atoms with van der Waals surface area (Å²) < 4.78 is 0. The highest BCUT2D eigenvalue weighted by molar-refractivity contribution is 6.22.